The van der Waals surface area contributed by atoms with Crippen molar-refractivity contribution in [3.05, 3.63) is 0 Å². The van der Waals surface area contributed by atoms with E-state index in [9.17, 15) is 0 Å². The van der Waals surface area contributed by atoms with Crippen LogP contribution in [0, 0.1) is 0 Å². The zero-order chi connectivity index (χ0) is 11.9. The molecular formula is C3H8O12S. The van der Waals surface area contributed by atoms with Gasteiger partial charge in [-0.3, -0.25) is 0 Å². The molecule has 0 heterocycles. The summed E-state index contributed by atoms with van der Waals surface area (Å²) in [6, 6.07) is 0. The Morgan fingerprint density at radius 1 is 0.688 bits per heavy atom. The quantitative estimate of drug-likeness (QED) is 0.157. The van der Waals surface area contributed by atoms with E-state index >= 15 is 0 Å². The Hall–Kier alpha value is -0.130. The third-order valence-corrected chi connectivity index (χ3v) is 0.672. The topological polar surface area (TPSA) is 111 Å². The molecule has 0 aromatic carbocycles. The molecule has 0 fully saturated rings. The molecule has 12 nitrogen and oxygen atoms in total. The van der Waals surface area contributed by atoms with E-state index in [-0.39, 0.29) is 13.2 Å². The summed E-state index contributed by atoms with van der Waals surface area (Å²) in [5.74, 6) is 0. The normalized spacial score (nSPS) is 10.9. The Balaban J connectivity index is 2.83. The zero-order valence-corrected chi connectivity index (χ0v) is 8.65. The van der Waals surface area contributed by atoms with Crippen molar-refractivity contribution in [1.82, 2.24) is 0 Å². The highest BCUT2D eigenvalue weighted by atomic mass is 32.1. The van der Waals surface area contributed by atoms with Crippen molar-refractivity contribution in [1.29, 1.82) is 0 Å². The van der Waals surface area contributed by atoms with E-state index in [1.165, 1.54) is 7.11 Å². The summed E-state index contributed by atoms with van der Waals surface area (Å²) in [5.41, 5.74) is 0. The van der Waals surface area contributed by atoms with Crippen LogP contribution in [0.5, 0.6) is 0 Å². The lowest BCUT2D eigenvalue weighted by molar-refractivity contribution is -0.826. The third-order valence-electron chi connectivity index (χ3n) is 0.611. The van der Waals surface area contributed by atoms with E-state index < -0.39 is 0 Å². The van der Waals surface area contributed by atoms with Gasteiger partial charge in [0.15, 0.2) is 0 Å². The van der Waals surface area contributed by atoms with Crippen LogP contribution in [0.25, 0.3) is 0 Å². The molecule has 0 rings (SSSR count). The van der Waals surface area contributed by atoms with Gasteiger partial charge in [-0.25, -0.2) is 14.7 Å². The molecule has 0 aliphatic heterocycles. The van der Waals surface area contributed by atoms with Crippen LogP contribution in [-0.2, 0) is 59.3 Å². The highest BCUT2D eigenvalue weighted by Gasteiger charge is 1.96. The molecule has 0 aromatic heterocycles. The van der Waals surface area contributed by atoms with Crippen LogP contribution in [0.2, 0.25) is 0 Å². The van der Waals surface area contributed by atoms with Crippen LogP contribution in [0.3, 0.4) is 0 Å². The first kappa shape index (κ1) is 15.9. The maximum atomic E-state index is 4.32. The Kier molecular flexibility index (Phi) is 14.7. The van der Waals surface area contributed by atoms with Gasteiger partial charge in [0, 0.05) is 12.9 Å². The van der Waals surface area contributed by atoms with Crippen molar-refractivity contribution in [3.63, 3.8) is 0 Å². The molecule has 0 aliphatic carbocycles. The van der Waals surface area contributed by atoms with Gasteiger partial charge in [0.25, 0.3) is 0 Å². The van der Waals surface area contributed by atoms with E-state index in [1.807, 2.05) is 0 Å². The molecule has 98 valence electrons. The molecule has 0 aliphatic rings. The van der Waals surface area contributed by atoms with E-state index in [0.717, 1.165) is 0 Å². The number of thiol groups is 1. The van der Waals surface area contributed by atoms with Crippen LogP contribution < -0.4 is 0 Å². The summed E-state index contributed by atoms with van der Waals surface area (Å²) < 4.78 is 3.61. The van der Waals surface area contributed by atoms with Crippen molar-refractivity contribution >= 4 is 12.9 Å². The molecule has 0 unspecified atom stereocenters. The van der Waals surface area contributed by atoms with Gasteiger partial charge in [0.1, 0.15) is 13.2 Å². The molecule has 0 bridgehead atoms. The molecule has 0 saturated heterocycles. The summed E-state index contributed by atoms with van der Waals surface area (Å²) in [6.45, 7) is -0.0501. The summed E-state index contributed by atoms with van der Waals surface area (Å²) >= 11 is 3.10. The van der Waals surface area contributed by atoms with Gasteiger partial charge >= 0.3 is 0 Å². The van der Waals surface area contributed by atoms with Gasteiger partial charge in [-0.1, -0.05) is 5.04 Å². The fraction of sp³-hybridized carbons (Fsp3) is 1.00. The number of hydrogen-bond acceptors (Lipinski definition) is 13. The predicted molar refractivity (Wildman–Crippen MR) is 37.7 cm³/mol. The minimum absolute atomic E-state index is 0.00475. The second kappa shape index (κ2) is 14.9. The Morgan fingerprint density at radius 3 is 1.75 bits per heavy atom. The highest BCUT2D eigenvalue weighted by Crippen LogP contribution is 1.90. The predicted octanol–water partition coefficient (Wildman–Crippen LogP) is -0.190. The van der Waals surface area contributed by atoms with Crippen molar-refractivity contribution < 1.29 is 59.3 Å². The number of rotatable bonds is 13. The van der Waals surface area contributed by atoms with Crippen LogP contribution in [-0.4, -0.2) is 20.3 Å². The second-order valence-corrected chi connectivity index (χ2v) is 1.58. The molecule has 13 heteroatoms. The maximum absolute atomic E-state index is 4.32. The minimum atomic E-state index is -0.0549. The van der Waals surface area contributed by atoms with E-state index in [2.05, 4.69) is 72.2 Å². The lowest BCUT2D eigenvalue weighted by Gasteiger charge is -2.00. The first-order valence-electron chi connectivity index (χ1n) is 3.33. The maximum Gasteiger partial charge on any atom is 0.112 e. The smallest absolute Gasteiger partial charge is 0.112 e. The molecule has 0 amide bonds. The fourth-order valence-electron chi connectivity index (χ4n) is 0.273. The zero-order valence-electron chi connectivity index (χ0n) is 7.76. The molecule has 16 heavy (non-hydrogen) atoms. The molecule has 0 aromatic rings. The second-order valence-electron chi connectivity index (χ2n) is 1.43. The average molecular weight is 268 g/mol. The van der Waals surface area contributed by atoms with Gasteiger partial charge in [-0.05, 0) is 35.3 Å². The van der Waals surface area contributed by atoms with E-state index in [0.29, 0.717) is 0 Å². The van der Waals surface area contributed by atoms with Crippen LogP contribution in [0.15, 0.2) is 0 Å². The summed E-state index contributed by atoms with van der Waals surface area (Å²) in [7, 11) is 1.26. The van der Waals surface area contributed by atoms with E-state index in [4.69, 9.17) is 0 Å². The SMILES string of the molecule is COOOCCOOOOOOOOOS. The van der Waals surface area contributed by atoms with Gasteiger partial charge < -0.3 is 0 Å². The van der Waals surface area contributed by atoms with Gasteiger partial charge in [-0.15, -0.1) is 4.33 Å². The highest BCUT2D eigenvalue weighted by molar-refractivity contribution is 7.74. The summed E-state index contributed by atoms with van der Waals surface area (Å²) in [6.07, 6.45) is 0. The molecule has 0 saturated carbocycles. The van der Waals surface area contributed by atoms with E-state index in [1.54, 1.807) is 0 Å². The van der Waals surface area contributed by atoms with Crippen molar-refractivity contribution in [2.45, 2.75) is 0 Å². The largest absolute Gasteiger partial charge is 0.210 e. The first-order chi connectivity index (χ1) is 7.91. The third kappa shape index (κ3) is 13.9. The van der Waals surface area contributed by atoms with Gasteiger partial charge in [0.05, 0.1) is 7.11 Å². The monoisotopic (exact) mass is 268 g/mol. The standard InChI is InChI=1S/C3H8O12S/c1-4-7-5-2-3-6-8-9-10-11-12-13-14-15-16/h16H,2-3H2,1H3. The molecule has 0 spiro atoms. The van der Waals surface area contributed by atoms with Crippen LogP contribution in [0.4, 0.5) is 0 Å². The van der Waals surface area contributed by atoms with Gasteiger partial charge in [-0.2, -0.15) is 0 Å². The number of hydrogen-bond donors (Lipinski definition) is 1. The average Bonchev–Trinajstić information content (AvgIpc) is 2.31. The summed E-state index contributed by atoms with van der Waals surface area (Å²) in [5, 5.41) is 29.6. The Bertz CT molecular complexity index is 109. The minimum Gasteiger partial charge on any atom is -0.210 e. The molecular weight excluding hydrogens is 260 g/mol. The molecule has 0 atom stereocenters. The Labute approximate surface area is 93.5 Å². The van der Waals surface area contributed by atoms with Crippen LogP contribution in [0.1, 0.15) is 0 Å². The fourth-order valence-corrected chi connectivity index (χ4v) is 0.298. The van der Waals surface area contributed by atoms with Crippen molar-refractivity contribution in [2.75, 3.05) is 20.3 Å². The van der Waals surface area contributed by atoms with Crippen molar-refractivity contribution in [2.24, 2.45) is 0 Å². The van der Waals surface area contributed by atoms with Crippen molar-refractivity contribution in [3.8, 4) is 0 Å². The lowest BCUT2D eigenvalue weighted by atomic mass is 10.8. The molecule has 0 radical (unpaired) electrons. The van der Waals surface area contributed by atoms with Crippen LogP contribution >= 0.6 is 12.9 Å². The first-order valence-corrected chi connectivity index (χ1v) is 3.70. The molecule has 0 N–H and O–H groups in total. The lowest BCUT2D eigenvalue weighted by Crippen LogP contribution is -2.07. The van der Waals surface area contributed by atoms with Gasteiger partial charge in [0.2, 0.25) is 0 Å². The Morgan fingerprint density at radius 2 is 1.19 bits per heavy atom. The summed E-state index contributed by atoms with van der Waals surface area (Å²) in [4.78, 5) is 12.7.